The molecule has 104 valence electrons. The summed E-state index contributed by atoms with van der Waals surface area (Å²) in [5.41, 5.74) is 1.32. The van der Waals surface area contributed by atoms with E-state index in [-0.39, 0.29) is 0 Å². The first kappa shape index (κ1) is 14.3. The summed E-state index contributed by atoms with van der Waals surface area (Å²) in [4.78, 5) is 2.93. The Balaban J connectivity index is 1.99. The zero-order valence-electron chi connectivity index (χ0n) is 12.0. The molecule has 0 radical (unpaired) electrons. The fourth-order valence-corrected chi connectivity index (χ4v) is 3.34. The van der Waals surface area contributed by atoms with Gasteiger partial charge in [-0.2, -0.15) is 5.10 Å². The Hall–Kier alpha value is -1.13. The maximum atomic E-state index is 4.23. The minimum absolute atomic E-state index is 0.468. The quantitative estimate of drug-likeness (QED) is 0.841. The van der Waals surface area contributed by atoms with Crippen molar-refractivity contribution in [2.45, 2.75) is 39.2 Å². The Morgan fingerprint density at radius 1 is 1.37 bits per heavy atom. The third-order valence-electron chi connectivity index (χ3n) is 3.30. The summed E-state index contributed by atoms with van der Waals surface area (Å²) in [6.07, 6.45) is 7.41. The van der Waals surface area contributed by atoms with Crippen molar-refractivity contribution in [1.82, 2.24) is 15.1 Å². The molecule has 0 amide bonds. The maximum absolute atomic E-state index is 4.23. The molecule has 2 aromatic rings. The Labute approximate surface area is 119 Å². The Morgan fingerprint density at radius 2 is 2.21 bits per heavy atom. The van der Waals surface area contributed by atoms with Crippen LogP contribution in [-0.4, -0.2) is 16.3 Å². The van der Waals surface area contributed by atoms with Gasteiger partial charge in [0.2, 0.25) is 0 Å². The van der Waals surface area contributed by atoms with Gasteiger partial charge in [-0.1, -0.05) is 13.8 Å². The summed E-state index contributed by atoms with van der Waals surface area (Å²) in [6.45, 7) is 5.40. The molecule has 1 unspecified atom stereocenters. The number of aryl methyl sites for hydroxylation is 3. The van der Waals surface area contributed by atoms with Gasteiger partial charge in [-0.3, -0.25) is 4.68 Å². The number of thiophene rings is 1. The molecule has 0 bridgehead atoms. The second-order valence-corrected chi connectivity index (χ2v) is 6.03. The van der Waals surface area contributed by atoms with Gasteiger partial charge in [-0.25, -0.2) is 0 Å². The summed E-state index contributed by atoms with van der Waals surface area (Å²) in [5, 5.41) is 7.83. The molecule has 1 N–H and O–H groups in total. The number of nitrogens with zero attached hydrogens (tertiary/aromatic N) is 2. The largest absolute Gasteiger partial charge is 0.310 e. The molecule has 0 aliphatic rings. The highest BCUT2D eigenvalue weighted by Crippen LogP contribution is 2.27. The monoisotopic (exact) mass is 277 g/mol. The summed E-state index contributed by atoms with van der Waals surface area (Å²) in [7, 11) is 1.97. The number of nitrogens with one attached hydrogen (secondary N) is 1. The molecular formula is C15H23N3S. The predicted molar refractivity (Wildman–Crippen MR) is 81.6 cm³/mol. The van der Waals surface area contributed by atoms with Crippen LogP contribution in [0.2, 0.25) is 0 Å². The fourth-order valence-electron chi connectivity index (χ4n) is 2.28. The average Bonchev–Trinajstić information content (AvgIpc) is 3.03. The molecule has 2 rings (SSSR count). The van der Waals surface area contributed by atoms with Crippen LogP contribution in [0.4, 0.5) is 0 Å². The third kappa shape index (κ3) is 3.91. The first-order chi connectivity index (χ1) is 9.22. The van der Waals surface area contributed by atoms with E-state index in [1.807, 2.05) is 29.3 Å². The van der Waals surface area contributed by atoms with Gasteiger partial charge in [0.1, 0.15) is 0 Å². The van der Waals surface area contributed by atoms with Crippen LogP contribution in [0.1, 0.15) is 41.6 Å². The summed E-state index contributed by atoms with van der Waals surface area (Å²) < 4.78 is 1.87. The van der Waals surface area contributed by atoms with E-state index in [2.05, 4.69) is 42.6 Å². The van der Waals surface area contributed by atoms with Crippen molar-refractivity contribution in [2.75, 3.05) is 6.54 Å². The van der Waals surface area contributed by atoms with Gasteiger partial charge in [-0.05, 0) is 43.5 Å². The molecule has 2 heterocycles. The molecule has 0 aliphatic carbocycles. The van der Waals surface area contributed by atoms with Gasteiger partial charge in [0.15, 0.2) is 0 Å². The van der Waals surface area contributed by atoms with Gasteiger partial charge in [0, 0.05) is 29.0 Å². The van der Waals surface area contributed by atoms with Crippen LogP contribution in [0.25, 0.3) is 0 Å². The Bertz CT molecular complexity index is 501. The van der Waals surface area contributed by atoms with Gasteiger partial charge in [0.05, 0.1) is 6.20 Å². The highest BCUT2D eigenvalue weighted by molar-refractivity contribution is 7.12. The molecule has 2 aromatic heterocycles. The SMILES string of the molecule is CCNC(CCc1cnn(C)c1)c1ccc(CC)s1. The fraction of sp³-hybridized carbons (Fsp3) is 0.533. The van der Waals surface area contributed by atoms with E-state index in [0.717, 1.165) is 25.8 Å². The van der Waals surface area contributed by atoms with Crippen molar-refractivity contribution in [3.8, 4) is 0 Å². The van der Waals surface area contributed by atoms with Gasteiger partial charge >= 0.3 is 0 Å². The highest BCUT2D eigenvalue weighted by Gasteiger charge is 2.13. The molecule has 0 fully saturated rings. The lowest BCUT2D eigenvalue weighted by Crippen LogP contribution is -2.20. The van der Waals surface area contributed by atoms with Crippen LogP contribution in [0, 0.1) is 0 Å². The van der Waals surface area contributed by atoms with Crippen molar-refractivity contribution < 1.29 is 0 Å². The minimum atomic E-state index is 0.468. The standard InChI is InChI=1S/C15H23N3S/c1-4-13-7-9-15(19-13)14(16-5-2)8-6-12-10-17-18(3)11-12/h7,9-11,14,16H,4-6,8H2,1-3H3. The van der Waals surface area contributed by atoms with E-state index >= 15 is 0 Å². The highest BCUT2D eigenvalue weighted by atomic mass is 32.1. The van der Waals surface area contributed by atoms with Crippen molar-refractivity contribution in [2.24, 2.45) is 7.05 Å². The maximum Gasteiger partial charge on any atom is 0.0521 e. The van der Waals surface area contributed by atoms with Crippen LogP contribution in [0.15, 0.2) is 24.5 Å². The summed E-state index contributed by atoms with van der Waals surface area (Å²) in [5.74, 6) is 0. The molecule has 0 saturated carbocycles. The third-order valence-corrected chi connectivity index (χ3v) is 4.65. The minimum Gasteiger partial charge on any atom is -0.310 e. The second kappa shape index (κ2) is 6.87. The molecular weight excluding hydrogens is 254 g/mol. The summed E-state index contributed by atoms with van der Waals surface area (Å²) >= 11 is 1.94. The smallest absolute Gasteiger partial charge is 0.0521 e. The van der Waals surface area contributed by atoms with E-state index < -0.39 is 0 Å². The molecule has 4 heteroatoms. The molecule has 0 spiro atoms. The molecule has 0 aromatic carbocycles. The lowest BCUT2D eigenvalue weighted by molar-refractivity contribution is 0.523. The van der Waals surface area contributed by atoms with E-state index in [1.54, 1.807) is 0 Å². The normalized spacial score (nSPS) is 12.8. The average molecular weight is 277 g/mol. The van der Waals surface area contributed by atoms with Crippen LogP contribution < -0.4 is 5.32 Å². The van der Waals surface area contributed by atoms with Crippen molar-refractivity contribution in [3.63, 3.8) is 0 Å². The van der Waals surface area contributed by atoms with Crippen molar-refractivity contribution in [3.05, 3.63) is 39.8 Å². The van der Waals surface area contributed by atoms with Crippen molar-refractivity contribution in [1.29, 1.82) is 0 Å². The van der Waals surface area contributed by atoms with Gasteiger partial charge in [-0.15, -0.1) is 11.3 Å². The van der Waals surface area contributed by atoms with E-state index in [0.29, 0.717) is 6.04 Å². The number of hydrogen-bond acceptors (Lipinski definition) is 3. The Morgan fingerprint density at radius 3 is 2.79 bits per heavy atom. The second-order valence-electron chi connectivity index (χ2n) is 4.83. The molecule has 19 heavy (non-hydrogen) atoms. The van der Waals surface area contributed by atoms with E-state index in [1.165, 1.54) is 15.3 Å². The van der Waals surface area contributed by atoms with Crippen LogP contribution >= 0.6 is 11.3 Å². The number of rotatable bonds is 7. The molecule has 1 atom stereocenters. The first-order valence-electron chi connectivity index (χ1n) is 7.02. The first-order valence-corrected chi connectivity index (χ1v) is 7.84. The van der Waals surface area contributed by atoms with Crippen molar-refractivity contribution >= 4 is 11.3 Å². The van der Waals surface area contributed by atoms with E-state index in [4.69, 9.17) is 0 Å². The molecule has 0 aliphatic heterocycles. The zero-order valence-corrected chi connectivity index (χ0v) is 12.8. The molecule has 0 saturated heterocycles. The van der Waals surface area contributed by atoms with Gasteiger partial charge in [0.25, 0.3) is 0 Å². The lowest BCUT2D eigenvalue weighted by Gasteiger charge is -2.15. The van der Waals surface area contributed by atoms with Gasteiger partial charge < -0.3 is 5.32 Å². The predicted octanol–water partition coefficient (Wildman–Crippen LogP) is 3.33. The van der Waals surface area contributed by atoms with Crippen LogP contribution in [-0.2, 0) is 19.9 Å². The Kier molecular flexibility index (Phi) is 5.16. The number of aromatic nitrogens is 2. The molecule has 3 nitrogen and oxygen atoms in total. The van der Waals surface area contributed by atoms with E-state index in [9.17, 15) is 0 Å². The lowest BCUT2D eigenvalue weighted by atomic mass is 10.1. The van der Waals surface area contributed by atoms with Crippen LogP contribution in [0.3, 0.4) is 0 Å². The van der Waals surface area contributed by atoms with Crippen LogP contribution in [0.5, 0.6) is 0 Å². The number of hydrogen-bond donors (Lipinski definition) is 1. The zero-order chi connectivity index (χ0) is 13.7. The summed E-state index contributed by atoms with van der Waals surface area (Å²) in [6, 6.07) is 5.00. The topological polar surface area (TPSA) is 29.9 Å².